The quantitative estimate of drug-likeness (QED) is 0.807. The summed E-state index contributed by atoms with van der Waals surface area (Å²) in [5.41, 5.74) is 0.319. The first-order valence-corrected chi connectivity index (χ1v) is 7.14. The van der Waals surface area contributed by atoms with E-state index in [0.29, 0.717) is 17.1 Å². The number of ether oxygens (including phenoxy) is 2. The average Bonchev–Trinajstić information content (AvgIpc) is 2.43. The van der Waals surface area contributed by atoms with Gasteiger partial charge in [-0.2, -0.15) is 0 Å². The highest BCUT2D eigenvalue weighted by Gasteiger charge is 2.24. The molecule has 0 bridgehead atoms. The Labute approximate surface area is 130 Å². The first kappa shape index (κ1) is 17.8. The summed E-state index contributed by atoms with van der Waals surface area (Å²) in [5, 5.41) is 11.6. The van der Waals surface area contributed by atoms with Gasteiger partial charge in [0.2, 0.25) is 0 Å². The third kappa shape index (κ3) is 4.65. The predicted molar refractivity (Wildman–Crippen MR) is 82.5 cm³/mol. The molecule has 6 heteroatoms. The van der Waals surface area contributed by atoms with Gasteiger partial charge >= 0.3 is 5.97 Å². The van der Waals surface area contributed by atoms with Gasteiger partial charge in [-0.1, -0.05) is 13.8 Å². The minimum atomic E-state index is -1.06. The zero-order chi connectivity index (χ0) is 16.9. The summed E-state index contributed by atoms with van der Waals surface area (Å²) in [4.78, 5) is 23.3. The summed E-state index contributed by atoms with van der Waals surface area (Å²) in [6.45, 7) is 7.25. The highest BCUT2D eigenvalue weighted by molar-refractivity contribution is 5.97. The second-order valence-corrected chi connectivity index (χ2v) is 5.57. The van der Waals surface area contributed by atoms with Gasteiger partial charge in [0.1, 0.15) is 6.04 Å². The van der Waals surface area contributed by atoms with Crippen LogP contribution in [0.15, 0.2) is 18.2 Å². The van der Waals surface area contributed by atoms with Gasteiger partial charge in [0.25, 0.3) is 5.91 Å². The van der Waals surface area contributed by atoms with E-state index in [4.69, 9.17) is 14.6 Å². The van der Waals surface area contributed by atoms with E-state index < -0.39 is 17.9 Å². The maximum Gasteiger partial charge on any atom is 0.326 e. The van der Waals surface area contributed by atoms with Gasteiger partial charge in [0.05, 0.1) is 13.2 Å². The number of nitrogens with one attached hydrogen (secondary N) is 1. The molecule has 0 heterocycles. The molecule has 1 unspecified atom stereocenters. The molecule has 0 fully saturated rings. The lowest BCUT2D eigenvalue weighted by atomic mass is 10.0. The van der Waals surface area contributed by atoms with Crippen molar-refractivity contribution < 1.29 is 24.2 Å². The summed E-state index contributed by atoms with van der Waals surface area (Å²) in [5.74, 6) is -0.775. The van der Waals surface area contributed by atoms with Crippen LogP contribution in [-0.4, -0.2) is 36.2 Å². The maximum absolute atomic E-state index is 12.2. The Morgan fingerprint density at radius 3 is 2.23 bits per heavy atom. The number of benzene rings is 1. The third-order valence-electron chi connectivity index (χ3n) is 3.01. The zero-order valence-electron chi connectivity index (χ0n) is 13.5. The third-order valence-corrected chi connectivity index (χ3v) is 3.01. The van der Waals surface area contributed by atoms with Crippen LogP contribution in [-0.2, 0) is 4.79 Å². The topological polar surface area (TPSA) is 84.9 Å². The second kappa shape index (κ2) is 7.68. The molecule has 0 saturated carbocycles. The van der Waals surface area contributed by atoms with Crippen molar-refractivity contribution in [2.24, 2.45) is 5.92 Å². The molecule has 0 spiro atoms. The lowest BCUT2D eigenvalue weighted by Crippen LogP contribution is -2.44. The van der Waals surface area contributed by atoms with Gasteiger partial charge in [0.15, 0.2) is 11.5 Å². The Morgan fingerprint density at radius 2 is 1.77 bits per heavy atom. The fourth-order valence-corrected chi connectivity index (χ4v) is 1.90. The van der Waals surface area contributed by atoms with Crippen LogP contribution in [0.3, 0.4) is 0 Å². The molecule has 122 valence electrons. The number of carbonyl (C=O) groups excluding carboxylic acids is 1. The number of rotatable bonds is 7. The molecule has 0 aliphatic heterocycles. The number of carboxylic acids is 1. The molecule has 1 rings (SSSR count). The highest BCUT2D eigenvalue weighted by Crippen LogP contribution is 2.29. The molecule has 0 saturated heterocycles. The highest BCUT2D eigenvalue weighted by atomic mass is 16.5. The molecule has 0 aliphatic rings. The van der Waals surface area contributed by atoms with E-state index >= 15 is 0 Å². The van der Waals surface area contributed by atoms with Crippen LogP contribution in [0.2, 0.25) is 0 Å². The largest absolute Gasteiger partial charge is 0.493 e. The SMILES string of the molecule is COc1cc(C(=O)NC(C(=O)O)C(C)C)ccc1OC(C)C. The predicted octanol–water partition coefficient (Wildman–Crippen LogP) is 2.32. The fraction of sp³-hybridized carbons (Fsp3) is 0.500. The zero-order valence-corrected chi connectivity index (χ0v) is 13.5. The lowest BCUT2D eigenvalue weighted by Gasteiger charge is -2.19. The number of hydrogen-bond donors (Lipinski definition) is 2. The number of carbonyl (C=O) groups is 2. The number of amides is 1. The summed E-state index contributed by atoms with van der Waals surface area (Å²) < 4.78 is 10.8. The van der Waals surface area contributed by atoms with Crippen LogP contribution >= 0.6 is 0 Å². The van der Waals surface area contributed by atoms with Crippen molar-refractivity contribution in [2.45, 2.75) is 39.8 Å². The smallest absolute Gasteiger partial charge is 0.326 e. The van der Waals surface area contributed by atoms with Crippen molar-refractivity contribution >= 4 is 11.9 Å². The molecular formula is C16H23NO5. The Hall–Kier alpha value is -2.24. The molecule has 0 aliphatic carbocycles. The molecule has 1 atom stereocenters. The average molecular weight is 309 g/mol. The second-order valence-electron chi connectivity index (χ2n) is 5.57. The number of hydrogen-bond acceptors (Lipinski definition) is 4. The Kier molecular flexibility index (Phi) is 6.22. The van der Waals surface area contributed by atoms with E-state index in [-0.39, 0.29) is 12.0 Å². The summed E-state index contributed by atoms with van der Waals surface area (Å²) in [7, 11) is 1.48. The first-order chi connectivity index (χ1) is 10.3. The van der Waals surface area contributed by atoms with Crippen LogP contribution < -0.4 is 14.8 Å². The Balaban J connectivity index is 2.97. The van der Waals surface area contributed by atoms with Crippen molar-refractivity contribution in [1.29, 1.82) is 0 Å². The standard InChI is InChI=1S/C16H23NO5/c1-9(2)14(16(19)20)17-15(18)11-6-7-12(22-10(3)4)13(8-11)21-5/h6-10,14H,1-5H3,(H,17,18)(H,19,20). The van der Waals surface area contributed by atoms with Crippen molar-refractivity contribution in [2.75, 3.05) is 7.11 Å². The molecule has 2 N–H and O–H groups in total. The Bertz CT molecular complexity index is 539. The number of aliphatic carboxylic acids is 1. The minimum Gasteiger partial charge on any atom is -0.493 e. The maximum atomic E-state index is 12.2. The summed E-state index contributed by atoms with van der Waals surface area (Å²) >= 11 is 0. The van der Waals surface area contributed by atoms with Gasteiger partial charge in [0, 0.05) is 5.56 Å². The van der Waals surface area contributed by atoms with E-state index in [1.807, 2.05) is 13.8 Å². The minimum absolute atomic E-state index is 0.0223. The van der Waals surface area contributed by atoms with Gasteiger partial charge in [-0.05, 0) is 38.0 Å². The molecule has 1 amide bonds. The van der Waals surface area contributed by atoms with Crippen LogP contribution in [0.1, 0.15) is 38.1 Å². The molecule has 6 nitrogen and oxygen atoms in total. The van der Waals surface area contributed by atoms with E-state index in [1.54, 1.807) is 26.0 Å². The van der Waals surface area contributed by atoms with E-state index in [9.17, 15) is 9.59 Å². The van der Waals surface area contributed by atoms with Crippen LogP contribution in [0.25, 0.3) is 0 Å². The van der Waals surface area contributed by atoms with Crippen LogP contribution in [0.5, 0.6) is 11.5 Å². The normalized spacial score (nSPS) is 12.1. The molecule has 1 aromatic rings. The van der Waals surface area contributed by atoms with Crippen molar-refractivity contribution in [3.05, 3.63) is 23.8 Å². The van der Waals surface area contributed by atoms with Gasteiger partial charge < -0.3 is 19.9 Å². The number of methoxy groups -OCH3 is 1. The van der Waals surface area contributed by atoms with Crippen LogP contribution in [0, 0.1) is 5.92 Å². The first-order valence-electron chi connectivity index (χ1n) is 7.14. The van der Waals surface area contributed by atoms with E-state index in [2.05, 4.69) is 5.32 Å². The monoisotopic (exact) mass is 309 g/mol. The van der Waals surface area contributed by atoms with Crippen LogP contribution in [0.4, 0.5) is 0 Å². The van der Waals surface area contributed by atoms with Crippen molar-refractivity contribution in [1.82, 2.24) is 5.32 Å². The van der Waals surface area contributed by atoms with Crippen molar-refractivity contribution in [3.8, 4) is 11.5 Å². The molecule has 0 radical (unpaired) electrons. The van der Waals surface area contributed by atoms with Crippen molar-refractivity contribution in [3.63, 3.8) is 0 Å². The number of carboxylic acid groups (broad SMARTS) is 1. The lowest BCUT2D eigenvalue weighted by molar-refractivity contribution is -0.140. The summed E-state index contributed by atoms with van der Waals surface area (Å²) in [6, 6.07) is 3.81. The summed E-state index contributed by atoms with van der Waals surface area (Å²) in [6.07, 6.45) is -0.0223. The van der Waals surface area contributed by atoms with E-state index in [0.717, 1.165) is 0 Å². The Morgan fingerprint density at radius 1 is 1.14 bits per heavy atom. The van der Waals surface area contributed by atoms with Gasteiger partial charge in [-0.3, -0.25) is 4.79 Å². The van der Waals surface area contributed by atoms with Gasteiger partial charge in [-0.25, -0.2) is 4.79 Å². The molecule has 0 aromatic heterocycles. The molecule has 1 aromatic carbocycles. The molecular weight excluding hydrogens is 286 g/mol. The fourth-order valence-electron chi connectivity index (χ4n) is 1.90. The van der Waals surface area contributed by atoms with Gasteiger partial charge in [-0.15, -0.1) is 0 Å². The van der Waals surface area contributed by atoms with E-state index in [1.165, 1.54) is 13.2 Å². The molecule has 22 heavy (non-hydrogen) atoms.